The number of hydrogen-bond donors (Lipinski definition) is 6. The van der Waals surface area contributed by atoms with Crippen molar-refractivity contribution >= 4 is 43.6 Å². The molecule has 18 nitrogen and oxygen atoms in total. The molecule has 0 bridgehead atoms. The van der Waals surface area contributed by atoms with Crippen LogP contribution in [0.5, 0.6) is 5.75 Å². The first kappa shape index (κ1) is 86.3. The van der Waals surface area contributed by atoms with Gasteiger partial charge < -0.3 is 39.3 Å². The van der Waals surface area contributed by atoms with Crippen LogP contribution in [-0.4, -0.2) is 105 Å². The summed E-state index contributed by atoms with van der Waals surface area (Å²) in [5, 5.41) is 57.7. The number of tetrazole rings is 1. The molecule has 0 saturated heterocycles. The topological polar surface area (TPSA) is 242 Å². The summed E-state index contributed by atoms with van der Waals surface area (Å²) in [6.07, 6.45) is 19.7. The molecule has 0 saturated carbocycles. The van der Waals surface area contributed by atoms with E-state index in [1.54, 1.807) is 18.7 Å². The number of aliphatic hydroxyl groups is 1. The molecule has 21 heteroatoms. The maximum absolute atomic E-state index is 11.2. The van der Waals surface area contributed by atoms with Crippen LogP contribution in [0.25, 0.3) is 0 Å². The number of rotatable bonds is 0. The largest absolute Gasteiger partial charge is 0.536 e. The number of nitrogens with one attached hydrogen (secondary N) is 2. The quantitative estimate of drug-likeness (QED) is 0.0775. The Bertz CT molecular complexity index is 3440. The minimum atomic E-state index is -0.723. The number of ketones is 1. The normalized spacial score (nSPS) is 15.6. The number of benzene rings is 3. The number of aromatic nitrogens is 7. The molecule has 0 fully saturated rings. The maximum Gasteiger partial charge on any atom is 0.527 e. The van der Waals surface area contributed by atoms with Crippen LogP contribution < -0.4 is 21.0 Å². The van der Waals surface area contributed by atoms with Crippen LogP contribution in [0.15, 0.2) is 131 Å². The number of carbonyl (C=O) groups excluding carboxylic acids is 1. The van der Waals surface area contributed by atoms with E-state index in [1.165, 1.54) is 28.0 Å². The summed E-state index contributed by atoms with van der Waals surface area (Å²) in [5.41, 5.74) is 15.5. The summed E-state index contributed by atoms with van der Waals surface area (Å²) < 4.78 is 17.5. The molecular formula is C78H125B3N10O8. The summed E-state index contributed by atoms with van der Waals surface area (Å²) in [7, 11) is -1.38. The second-order valence-electron chi connectivity index (χ2n) is 34.8. The lowest BCUT2D eigenvalue weighted by Gasteiger charge is -2.31. The Morgan fingerprint density at radius 1 is 0.606 bits per heavy atom. The first-order valence-electron chi connectivity index (χ1n) is 34.6. The lowest BCUT2D eigenvalue weighted by atomic mass is 9.62. The van der Waals surface area contributed by atoms with Gasteiger partial charge in [0, 0.05) is 90.0 Å². The number of aliphatic hydroxyl groups excluding tert-OH is 1. The van der Waals surface area contributed by atoms with Gasteiger partial charge in [-0.2, -0.15) is 10.3 Å². The minimum absolute atomic E-state index is 0. The molecule has 0 spiro atoms. The molecule has 6 N–H and O–H groups in total. The average Bonchev–Trinajstić information content (AvgIpc) is 1.54. The highest BCUT2D eigenvalue weighted by Gasteiger charge is 2.33. The fourth-order valence-electron chi connectivity index (χ4n) is 10.3. The first-order valence-corrected chi connectivity index (χ1v) is 34.6. The van der Waals surface area contributed by atoms with Gasteiger partial charge in [0.05, 0.1) is 24.1 Å². The van der Waals surface area contributed by atoms with Crippen molar-refractivity contribution in [3.63, 3.8) is 0 Å². The SMILES string of the molecule is C.CC(C)(C)C1=C(O)CCC1=O.CC(C)(C)C1=NC=CC1.CC(C)(C)N1CC=CN1.CC(C)(C)c1ccc2c(c1)B(O)CC2.CC(C)(C)c1ccc2c(c1)COB2O.CC(C)(C)c1ccc2c(c1)OB(O)C2.CC(C)(C)c1ncco1.CC(C)(C)c1nn[nH]n1.CC(C)(C)n1cccn1. The Labute approximate surface area is 597 Å². The highest BCUT2D eigenvalue weighted by molar-refractivity contribution is 6.68. The molecule has 0 amide bonds. The number of Topliss-reactive ketones (excluding diaryl/α,β-unsaturated/α-hetero) is 1. The predicted octanol–water partition coefficient (Wildman–Crippen LogP) is 15.3. The Kier molecular flexibility index (Phi) is 31.1. The van der Waals surface area contributed by atoms with Crippen molar-refractivity contribution in [2.24, 2.45) is 15.8 Å². The molecule has 6 aliphatic rings. The number of fused-ring (bicyclic) bond motifs is 3. The molecule has 8 heterocycles. The van der Waals surface area contributed by atoms with Crippen LogP contribution in [0.1, 0.15) is 259 Å². The molecule has 3 aromatic carbocycles. The Hall–Kier alpha value is -6.90. The van der Waals surface area contributed by atoms with Crippen molar-refractivity contribution in [1.82, 2.24) is 45.8 Å². The fourth-order valence-corrected chi connectivity index (χ4v) is 10.3. The van der Waals surface area contributed by atoms with Gasteiger partial charge in [0.25, 0.3) is 0 Å². The molecule has 5 aliphatic heterocycles. The van der Waals surface area contributed by atoms with Gasteiger partial charge in [-0.05, 0) is 127 Å². The van der Waals surface area contributed by atoms with E-state index >= 15 is 0 Å². The number of hydrogen-bond acceptors (Lipinski definition) is 16. The van der Waals surface area contributed by atoms with Crippen molar-refractivity contribution < 1.29 is 38.7 Å². The van der Waals surface area contributed by atoms with E-state index in [1.807, 2.05) is 89.1 Å². The second-order valence-corrected chi connectivity index (χ2v) is 34.8. The number of H-pyrrole nitrogens is 1. The van der Waals surface area contributed by atoms with Gasteiger partial charge in [0.1, 0.15) is 12.0 Å². The van der Waals surface area contributed by atoms with Crippen molar-refractivity contribution in [3.05, 3.63) is 166 Å². The van der Waals surface area contributed by atoms with Crippen LogP contribution in [-0.2, 0) is 61.4 Å². The van der Waals surface area contributed by atoms with E-state index in [0.717, 1.165) is 65.2 Å². The van der Waals surface area contributed by atoms with Crippen LogP contribution in [0.4, 0.5) is 0 Å². The number of carbonyl (C=O) groups is 1. The van der Waals surface area contributed by atoms with Gasteiger partial charge in [0.2, 0.25) is 0 Å². The van der Waals surface area contributed by atoms with Gasteiger partial charge >= 0.3 is 21.2 Å². The smallest absolute Gasteiger partial charge is 0.527 e. The van der Waals surface area contributed by atoms with E-state index in [9.17, 15) is 25.0 Å². The highest BCUT2D eigenvalue weighted by Crippen LogP contribution is 2.36. The van der Waals surface area contributed by atoms with Crippen molar-refractivity contribution in [2.75, 3.05) is 6.54 Å². The zero-order valence-corrected chi connectivity index (χ0v) is 64.8. The second kappa shape index (κ2) is 35.6. The molecule has 544 valence electrons. The van der Waals surface area contributed by atoms with Crippen LogP contribution in [0, 0.1) is 10.8 Å². The van der Waals surface area contributed by atoms with Crippen LogP contribution in [0.3, 0.4) is 0 Å². The number of hydrazine groups is 1. The van der Waals surface area contributed by atoms with E-state index in [4.69, 9.17) is 13.7 Å². The molecule has 0 unspecified atom stereocenters. The summed E-state index contributed by atoms with van der Waals surface area (Å²) in [5.74, 6) is 2.78. The Morgan fingerprint density at radius 2 is 1.20 bits per heavy atom. The van der Waals surface area contributed by atoms with E-state index < -0.39 is 14.2 Å². The van der Waals surface area contributed by atoms with Gasteiger partial charge in [0.15, 0.2) is 17.5 Å². The lowest BCUT2D eigenvalue weighted by Crippen LogP contribution is -2.45. The van der Waals surface area contributed by atoms with E-state index in [-0.39, 0.29) is 69.1 Å². The van der Waals surface area contributed by atoms with Gasteiger partial charge in [-0.1, -0.05) is 224 Å². The summed E-state index contributed by atoms with van der Waals surface area (Å²) >= 11 is 0. The van der Waals surface area contributed by atoms with Gasteiger partial charge in [-0.3, -0.25) is 14.5 Å². The van der Waals surface area contributed by atoms with Crippen molar-refractivity contribution in [1.29, 1.82) is 0 Å². The first-order chi connectivity index (χ1) is 44.9. The summed E-state index contributed by atoms with van der Waals surface area (Å²) in [6, 6.07) is 20.8. The van der Waals surface area contributed by atoms with Crippen molar-refractivity contribution in [3.8, 4) is 5.75 Å². The van der Waals surface area contributed by atoms with E-state index in [2.05, 4.69) is 240 Å². The molecule has 3 aromatic heterocycles. The summed E-state index contributed by atoms with van der Waals surface area (Å²) in [6.45, 7) is 58.7. The van der Waals surface area contributed by atoms with Gasteiger partial charge in [-0.25, -0.2) is 9.99 Å². The maximum atomic E-state index is 11.2. The molecule has 6 aromatic rings. The predicted molar refractivity (Wildman–Crippen MR) is 411 cm³/mol. The molecule has 99 heavy (non-hydrogen) atoms. The number of allylic oxidation sites excluding steroid dienone is 3. The Morgan fingerprint density at radius 3 is 1.59 bits per heavy atom. The molecular weight excluding hydrogens is 1240 g/mol. The third-order valence-electron chi connectivity index (χ3n) is 16.5. The fraction of sp³-hybridized carbons (Fsp3) is 0.577. The third-order valence-corrected chi connectivity index (χ3v) is 16.5. The number of nitrogens with zero attached hydrogens (tertiary/aromatic N) is 8. The molecule has 1 aliphatic carbocycles. The Balaban J connectivity index is 0.000000291. The lowest BCUT2D eigenvalue weighted by molar-refractivity contribution is -0.115. The number of aromatic amines is 1. The van der Waals surface area contributed by atoms with Crippen LogP contribution >= 0.6 is 0 Å². The van der Waals surface area contributed by atoms with Crippen LogP contribution in [0.2, 0.25) is 6.32 Å². The highest BCUT2D eigenvalue weighted by atomic mass is 16.5. The zero-order chi connectivity index (χ0) is 74.2. The molecule has 0 atom stereocenters. The zero-order valence-electron chi connectivity index (χ0n) is 64.8. The number of oxazole rings is 1. The molecule has 0 radical (unpaired) electrons. The standard InChI is InChI=1S/C12H17BO.2C11H15BO2.C9H14O2.C8H13N.C7H14N2.C7H12N2.C7H11NO.C5H10N4.CH4/c1-12(2,3)10-5-4-9-6-7-13(14)11(9)8-10;1-11(2,3)9-4-5-10-8(6-9)7-14-12(10)13;1-11(2,3)9-5-4-8-7-12(13)14-10(8)6-9;1-9(2,3)8-6(10)4-5-7(8)11;1-8(2,3)7-5-4-6-9-7;2*1-7(2,3)9-6-4-5-8-9;1-7(2,3)6-8-4-5-9-6;1-5(2,3)4-6-8-9-7-4;/h4-5,8,14H,6-7H2,1-3H3;2*4-6,13H,7H2,1-3H3;10H,4-5H2,1-3H3;4,6H,5H2,1-3H3;4-5,8H,6H2,1-3H3;4-6H,1-3H3;4-5H,1-3H3;1-3H3,(H,6,7,8,9);1H4. The van der Waals surface area contributed by atoms with Gasteiger partial charge in [-0.15, -0.1) is 10.2 Å². The third kappa shape index (κ3) is 28.2. The monoisotopic (exact) mass is 1360 g/mol. The average molecular weight is 1360 g/mol. The summed E-state index contributed by atoms with van der Waals surface area (Å²) in [4.78, 5) is 19.5. The number of aryl methyl sites for hydroxylation is 1. The van der Waals surface area contributed by atoms with E-state index in [0.29, 0.717) is 37.1 Å². The number of aliphatic imine (C=N–C) groups is 1. The van der Waals surface area contributed by atoms with Crippen molar-refractivity contribution in [2.45, 2.75) is 277 Å². The minimum Gasteiger partial charge on any atom is -0.536 e. The molecule has 12 rings (SSSR count).